The summed E-state index contributed by atoms with van der Waals surface area (Å²) in [4.78, 5) is 10.5. The predicted octanol–water partition coefficient (Wildman–Crippen LogP) is 1.72. The minimum Gasteiger partial charge on any atom is -0.403 e. The third-order valence-electron chi connectivity index (χ3n) is 3.80. The average molecular weight is 263 g/mol. The van der Waals surface area contributed by atoms with Gasteiger partial charge < -0.3 is 14.2 Å². The van der Waals surface area contributed by atoms with Crippen LogP contribution in [0.4, 0.5) is 5.95 Å². The molecule has 0 spiro atoms. The zero-order valence-electron chi connectivity index (χ0n) is 12.6. The average Bonchev–Trinajstić information content (AvgIpc) is 2.47. The zero-order valence-corrected chi connectivity index (χ0v) is 12.6. The normalized spacial score (nSPS) is 20.6. The Hall–Kier alpha value is -1.14. The lowest BCUT2D eigenvalue weighted by Crippen LogP contribution is -2.41. The quantitative estimate of drug-likeness (QED) is 0.777. The summed E-state index contributed by atoms with van der Waals surface area (Å²) in [6.07, 6.45) is 4.32. The lowest BCUT2D eigenvalue weighted by atomic mass is 9.82. The van der Waals surface area contributed by atoms with E-state index in [4.69, 9.17) is 9.31 Å². The fourth-order valence-electron chi connectivity index (χ4n) is 1.93. The van der Waals surface area contributed by atoms with E-state index in [0.717, 1.165) is 5.56 Å². The third kappa shape index (κ3) is 2.90. The van der Waals surface area contributed by atoms with E-state index < -0.39 is 0 Å². The van der Waals surface area contributed by atoms with Gasteiger partial charge in [-0.15, -0.1) is 0 Å². The first-order valence-corrected chi connectivity index (χ1v) is 6.55. The number of hydrogen-bond acceptors (Lipinski definition) is 5. The van der Waals surface area contributed by atoms with E-state index in [-0.39, 0.29) is 18.3 Å². The Bertz CT molecular complexity index is 430. The summed E-state index contributed by atoms with van der Waals surface area (Å²) in [7, 11) is 3.60. The van der Waals surface area contributed by atoms with Crippen LogP contribution in [0.15, 0.2) is 12.4 Å². The maximum absolute atomic E-state index is 5.96. The van der Waals surface area contributed by atoms with Gasteiger partial charge in [0.2, 0.25) is 5.95 Å². The van der Waals surface area contributed by atoms with Gasteiger partial charge in [-0.1, -0.05) is 0 Å². The molecule has 0 saturated carbocycles. The van der Waals surface area contributed by atoms with Gasteiger partial charge in [-0.25, -0.2) is 9.97 Å². The van der Waals surface area contributed by atoms with E-state index in [2.05, 4.69) is 37.7 Å². The van der Waals surface area contributed by atoms with Gasteiger partial charge >= 0.3 is 7.12 Å². The molecule has 2 heterocycles. The molecule has 6 heteroatoms. The molecule has 1 aliphatic rings. The van der Waals surface area contributed by atoms with Crippen molar-refractivity contribution in [2.45, 2.75) is 45.2 Å². The standard InChI is InChI=1S/C13H22BN3O2/c1-12(2)13(3,4)19-14(18-12)7-10-8-15-11(16-9-10)17(5)6/h8-9H,7H2,1-6H3. The van der Waals surface area contributed by atoms with Crippen molar-refractivity contribution in [3.63, 3.8) is 0 Å². The first-order chi connectivity index (χ1) is 8.71. The highest BCUT2D eigenvalue weighted by Gasteiger charge is 2.50. The van der Waals surface area contributed by atoms with Crippen molar-refractivity contribution in [2.75, 3.05) is 19.0 Å². The molecule has 1 saturated heterocycles. The highest BCUT2D eigenvalue weighted by atomic mass is 16.7. The van der Waals surface area contributed by atoms with Crippen LogP contribution >= 0.6 is 0 Å². The van der Waals surface area contributed by atoms with Gasteiger partial charge in [0.15, 0.2) is 0 Å². The van der Waals surface area contributed by atoms with Gasteiger partial charge in [0.1, 0.15) is 0 Å². The van der Waals surface area contributed by atoms with Crippen molar-refractivity contribution < 1.29 is 9.31 Å². The van der Waals surface area contributed by atoms with Crippen LogP contribution in [0.3, 0.4) is 0 Å². The highest BCUT2D eigenvalue weighted by Crippen LogP contribution is 2.37. The smallest absolute Gasteiger partial charge is 0.403 e. The van der Waals surface area contributed by atoms with Gasteiger partial charge in [-0.05, 0) is 33.3 Å². The van der Waals surface area contributed by atoms with Crippen molar-refractivity contribution in [3.8, 4) is 0 Å². The minimum atomic E-state index is -0.290. The van der Waals surface area contributed by atoms with Crippen molar-refractivity contribution in [3.05, 3.63) is 18.0 Å². The Morgan fingerprint density at radius 3 is 1.95 bits per heavy atom. The molecule has 1 aromatic rings. The minimum absolute atomic E-state index is 0.237. The van der Waals surface area contributed by atoms with Gasteiger partial charge in [-0.3, -0.25) is 0 Å². The van der Waals surface area contributed by atoms with Crippen LogP contribution < -0.4 is 4.90 Å². The van der Waals surface area contributed by atoms with E-state index in [0.29, 0.717) is 12.3 Å². The van der Waals surface area contributed by atoms with E-state index in [1.54, 1.807) is 0 Å². The van der Waals surface area contributed by atoms with Crippen LogP contribution in [0.5, 0.6) is 0 Å². The van der Waals surface area contributed by atoms with E-state index in [9.17, 15) is 0 Å². The Morgan fingerprint density at radius 2 is 1.53 bits per heavy atom. The number of anilines is 1. The largest absolute Gasteiger partial charge is 0.462 e. The first kappa shape index (κ1) is 14.3. The molecular formula is C13H22BN3O2. The fourth-order valence-corrected chi connectivity index (χ4v) is 1.93. The highest BCUT2D eigenvalue weighted by molar-refractivity contribution is 6.44. The summed E-state index contributed by atoms with van der Waals surface area (Å²) >= 11 is 0. The van der Waals surface area contributed by atoms with E-state index in [1.165, 1.54) is 0 Å². The summed E-state index contributed by atoms with van der Waals surface area (Å²) in [5, 5.41) is 0. The van der Waals surface area contributed by atoms with Crippen LogP contribution in [0.25, 0.3) is 0 Å². The topological polar surface area (TPSA) is 47.5 Å². The molecule has 0 atom stereocenters. The van der Waals surface area contributed by atoms with Crippen molar-refractivity contribution in [2.24, 2.45) is 0 Å². The van der Waals surface area contributed by atoms with Gasteiger partial charge in [-0.2, -0.15) is 0 Å². The number of rotatable bonds is 3. The van der Waals surface area contributed by atoms with Crippen LogP contribution in [0.2, 0.25) is 0 Å². The van der Waals surface area contributed by atoms with Crippen molar-refractivity contribution >= 4 is 13.1 Å². The monoisotopic (exact) mass is 263 g/mol. The molecule has 0 N–H and O–H groups in total. The predicted molar refractivity (Wildman–Crippen MR) is 76.1 cm³/mol. The second kappa shape index (κ2) is 4.76. The summed E-state index contributed by atoms with van der Waals surface area (Å²) in [5.41, 5.74) is 0.439. The molecule has 2 rings (SSSR count). The van der Waals surface area contributed by atoms with E-state index in [1.807, 2.05) is 31.4 Å². The molecule has 0 amide bonds. The lowest BCUT2D eigenvalue weighted by Gasteiger charge is -2.32. The molecule has 19 heavy (non-hydrogen) atoms. The molecule has 104 valence electrons. The molecule has 1 aliphatic heterocycles. The SMILES string of the molecule is CN(C)c1ncc(CB2OC(C)(C)C(C)(C)O2)cn1. The Balaban J connectivity index is 2.03. The molecule has 1 fully saturated rings. The molecular weight excluding hydrogens is 241 g/mol. The maximum Gasteiger partial charge on any atom is 0.462 e. The Labute approximate surface area is 115 Å². The second-order valence-electron chi connectivity index (χ2n) is 6.18. The van der Waals surface area contributed by atoms with Crippen LogP contribution in [0.1, 0.15) is 33.3 Å². The fraction of sp³-hybridized carbons (Fsp3) is 0.692. The van der Waals surface area contributed by atoms with Crippen LogP contribution in [-0.2, 0) is 15.6 Å². The summed E-state index contributed by atoms with van der Waals surface area (Å²) in [6.45, 7) is 8.22. The Morgan fingerprint density at radius 1 is 1.05 bits per heavy atom. The second-order valence-corrected chi connectivity index (χ2v) is 6.18. The van der Waals surface area contributed by atoms with E-state index >= 15 is 0 Å². The van der Waals surface area contributed by atoms with Crippen LogP contribution in [-0.4, -0.2) is 42.4 Å². The lowest BCUT2D eigenvalue weighted by molar-refractivity contribution is 0.00578. The van der Waals surface area contributed by atoms with Crippen molar-refractivity contribution in [1.82, 2.24) is 9.97 Å². The summed E-state index contributed by atoms with van der Waals surface area (Å²) in [6, 6.07) is 0. The van der Waals surface area contributed by atoms with Gasteiger partial charge in [0, 0.05) is 32.8 Å². The number of hydrogen-bond donors (Lipinski definition) is 0. The maximum atomic E-state index is 5.96. The van der Waals surface area contributed by atoms with Gasteiger partial charge in [0.05, 0.1) is 11.2 Å². The Kier molecular flexibility index (Phi) is 3.58. The molecule has 0 radical (unpaired) electrons. The molecule has 0 bridgehead atoms. The first-order valence-electron chi connectivity index (χ1n) is 6.55. The zero-order chi connectivity index (χ0) is 14.3. The molecule has 0 aliphatic carbocycles. The van der Waals surface area contributed by atoms with Crippen molar-refractivity contribution in [1.29, 1.82) is 0 Å². The van der Waals surface area contributed by atoms with Gasteiger partial charge in [0.25, 0.3) is 0 Å². The molecule has 1 aromatic heterocycles. The van der Waals surface area contributed by atoms with Crippen LogP contribution in [0, 0.1) is 0 Å². The molecule has 0 unspecified atom stereocenters. The summed E-state index contributed by atoms with van der Waals surface area (Å²) in [5.74, 6) is 0.706. The third-order valence-corrected chi connectivity index (χ3v) is 3.80. The molecule has 5 nitrogen and oxygen atoms in total. The molecule has 0 aromatic carbocycles. The number of nitrogens with zero attached hydrogens (tertiary/aromatic N) is 3. The number of aromatic nitrogens is 2. The summed E-state index contributed by atoms with van der Waals surface area (Å²) < 4.78 is 11.9.